The molecule has 0 saturated heterocycles. The zero-order valence-electron chi connectivity index (χ0n) is 12.2. The van der Waals surface area contributed by atoms with Crippen LogP contribution in [-0.4, -0.2) is 11.9 Å². The third-order valence-electron chi connectivity index (χ3n) is 2.98. The summed E-state index contributed by atoms with van der Waals surface area (Å²) in [5.74, 6) is -0.0470. The van der Waals surface area contributed by atoms with E-state index in [0.717, 1.165) is 16.3 Å². The van der Waals surface area contributed by atoms with Crippen LogP contribution in [0.5, 0.6) is 0 Å². The molecular weight excluding hydrogens is 284 g/mol. The molecule has 0 aromatic heterocycles. The van der Waals surface area contributed by atoms with Gasteiger partial charge in [-0.1, -0.05) is 23.7 Å². The average Bonchev–Trinajstić information content (AvgIpc) is 2.46. The second-order valence-corrected chi connectivity index (χ2v) is 5.62. The quantitative estimate of drug-likeness (QED) is 0.873. The average molecular weight is 303 g/mol. The highest BCUT2D eigenvalue weighted by atomic mass is 35.5. The number of benzene rings is 2. The van der Waals surface area contributed by atoms with Crippen molar-refractivity contribution in [3.05, 3.63) is 64.7 Å². The molecule has 110 valence electrons. The van der Waals surface area contributed by atoms with E-state index in [1.54, 1.807) is 0 Å². The van der Waals surface area contributed by atoms with Crippen LogP contribution in [-0.2, 0) is 6.54 Å². The fraction of sp³-hybridized carbons (Fsp3) is 0.235. The molecular formula is C17H19ClN2O. The third kappa shape index (κ3) is 4.80. The Kier molecular flexibility index (Phi) is 5.23. The molecule has 2 aromatic carbocycles. The maximum absolute atomic E-state index is 11.8. The number of amides is 1. The van der Waals surface area contributed by atoms with Crippen LogP contribution < -0.4 is 10.6 Å². The van der Waals surface area contributed by atoms with E-state index >= 15 is 0 Å². The standard InChI is InChI=1S/C17H19ClN2O/c1-12(2)20-17(21)14-5-9-16(10-6-14)19-11-13-3-7-15(18)8-4-13/h3-10,12,19H,11H2,1-2H3,(H,20,21). The molecule has 21 heavy (non-hydrogen) atoms. The van der Waals surface area contributed by atoms with Crippen LogP contribution in [0.15, 0.2) is 48.5 Å². The highest BCUT2D eigenvalue weighted by Gasteiger charge is 2.06. The first-order valence-electron chi connectivity index (χ1n) is 6.94. The van der Waals surface area contributed by atoms with E-state index in [4.69, 9.17) is 11.6 Å². The Hall–Kier alpha value is -2.00. The van der Waals surface area contributed by atoms with Crippen LogP contribution >= 0.6 is 11.6 Å². The molecule has 0 radical (unpaired) electrons. The van der Waals surface area contributed by atoms with E-state index in [2.05, 4.69) is 10.6 Å². The van der Waals surface area contributed by atoms with E-state index in [1.165, 1.54) is 0 Å². The molecule has 0 atom stereocenters. The minimum atomic E-state index is -0.0470. The van der Waals surface area contributed by atoms with E-state index < -0.39 is 0 Å². The molecule has 1 amide bonds. The summed E-state index contributed by atoms with van der Waals surface area (Å²) in [5.41, 5.74) is 2.80. The molecule has 2 N–H and O–H groups in total. The van der Waals surface area contributed by atoms with Gasteiger partial charge in [-0.25, -0.2) is 0 Å². The van der Waals surface area contributed by atoms with Crippen LogP contribution in [0.3, 0.4) is 0 Å². The largest absolute Gasteiger partial charge is 0.381 e. The number of halogens is 1. The zero-order chi connectivity index (χ0) is 15.2. The van der Waals surface area contributed by atoms with E-state index in [-0.39, 0.29) is 11.9 Å². The van der Waals surface area contributed by atoms with Crippen molar-refractivity contribution in [3.8, 4) is 0 Å². The lowest BCUT2D eigenvalue weighted by Crippen LogP contribution is -2.29. The van der Waals surface area contributed by atoms with Gasteiger partial charge in [0, 0.05) is 28.9 Å². The Labute approximate surface area is 130 Å². The lowest BCUT2D eigenvalue weighted by atomic mass is 10.1. The van der Waals surface area contributed by atoms with Gasteiger partial charge < -0.3 is 10.6 Å². The normalized spacial score (nSPS) is 10.5. The Morgan fingerprint density at radius 2 is 1.67 bits per heavy atom. The summed E-state index contributed by atoms with van der Waals surface area (Å²) >= 11 is 5.85. The van der Waals surface area contributed by atoms with Gasteiger partial charge >= 0.3 is 0 Å². The van der Waals surface area contributed by atoms with Gasteiger partial charge in [-0.05, 0) is 55.8 Å². The topological polar surface area (TPSA) is 41.1 Å². The highest BCUT2D eigenvalue weighted by Crippen LogP contribution is 2.13. The van der Waals surface area contributed by atoms with Gasteiger partial charge in [0.2, 0.25) is 0 Å². The minimum absolute atomic E-state index is 0.0470. The minimum Gasteiger partial charge on any atom is -0.381 e. The van der Waals surface area contributed by atoms with E-state index in [9.17, 15) is 4.79 Å². The van der Waals surface area contributed by atoms with Gasteiger partial charge in [-0.15, -0.1) is 0 Å². The molecule has 0 saturated carbocycles. The van der Waals surface area contributed by atoms with Crippen LogP contribution in [0.2, 0.25) is 5.02 Å². The monoisotopic (exact) mass is 302 g/mol. The Bertz CT molecular complexity index is 591. The number of rotatable bonds is 5. The molecule has 0 bridgehead atoms. The summed E-state index contributed by atoms with van der Waals surface area (Å²) < 4.78 is 0. The first kappa shape index (κ1) is 15.4. The van der Waals surface area contributed by atoms with Crippen molar-refractivity contribution in [2.24, 2.45) is 0 Å². The maximum atomic E-state index is 11.8. The van der Waals surface area contributed by atoms with Crippen LogP contribution in [0.4, 0.5) is 5.69 Å². The fourth-order valence-corrected chi connectivity index (χ4v) is 2.02. The van der Waals surface area contributed by atoms with Crippen molar-refractivity contribution in [1.29, 1.82) is 0 Å². The number of anilines is 1. The predicted molar refractivity (Wildman–Crippen MR) is 87.8 cm³/mol. The highest BCUT2D eigenvalue weighted by molar-refractivity contribution is 6.30. The zero-order valence-corrected chi connectivity index (χ0v) is 12.9. The number of carbonyl (C=O) groups is 1. The summed E-state index contributed by atoms with van der Waals surface area (Å²) in [5, 5.41) is 6.92. The first-order valence-corrected chi connectivity index (χ1v) is 7.31. The summed E-state index contributed by atoms with van der Waals surface area (Å²) in [6, 6.07) is 15.3. The fourth-order valence-electron chi connectivity index (χ4n) is 1.89. The molecule has 3 nitrogen and oxygen atoms in total. The van der Waals surface area contributed by atoms with Crippen LogP contribution in [0, 0.1) is 0 Å². The van der Waals surface area contributed by atoms with Gasteiger partial charge in [0.1, 0.15) is 0 Å². The Morgan fingerprint density at radius 1 is 1.05 bits per heavy atom. The van der Waals surface area contributed by atoms with Crippen molar-refractivity contribution < 1.29 is 4.79 Å². The van der Waals surface area contributed by atoms with Gasteiger partial charge in [0.05, 0.1) is 0 Å². The van der Waals surface area contributed by atoms with Crippen LogP contribution in [0.25, 0.3) is 0 Å². The van der Waals surface area contributed by atoms with Gasteiger partial charge in [-0.3, -0.25) is 4.79 Å². The van der Waals surface area contributed by atoms with Gasteiger partial charge in [-0.2, -0.15) is 0 Å². The molecule has 2 aromatic rings. The summed E-state index contributed by atoms with van der Waals surface area (Å²) in [6.45, 7) is 4.61. The van der Waals surface area contributed by atoms with Crippen molar-refractivity contribution in [1.82, 2.24) is 5.32 Å². The maximum Gasteiger partial charge on any atom is 0.251 e. The SMILES string of the molecule is CC(C)NC(=O)c1ccc(NCc2ccc(Cl)cc2)cc1. The molecule has 0 unspecified atom stereocenters. The van der Waals surface area contributed by atoms with E-state index in [0.29, 0.717) is 12.1 Å². The molecule has 4 heteroatoms. The number of nitrogens with one attached hydrogen (secondary N) is 2. The molecule has 0 aliphatic carbocycles. The lowest BCUT2D eigenvalue weighted by Gasteiger charge is -2.10. The predicted octanol–water partition coefficient (Wildman–Crippen LogP) is 4.09. The molecule has 0 fully saturated rings. The summed E-state index contributed by atoms with van der Waals surface area (Å²) in [7, 11) is 0. The Balaban J connectivity index is 1.93. The van der Waals surface area contributed by atoms with E-state index in [1.807, 2.05) is 62.4 Å². The van der Waals surface area contributed by atoms with Crippen LogP contribution in [0.1, 0.15) is 29.8 Å². The smallest absolute Gasteiger partial charge is 0.251 e. The molecule has 0 aliphatic heterocycles. The van der Waals surface area contributed by atoms with Gasteiger partial charge in [0.25, 0.3) is 5.91 Å². The lowest BCUT2D eigenvalue weighted by molar-refractivity contribution is 0.0943. The second-order valence-electron chi connectivity index (χ2n) is 5.19. The second kappa shape index (κ2) is 7.14. The molecule has 0 spiro atoms. The van der Waals surface area contributed by atoms with Crippen molar-refractivity contribution >= 4 is 23.2 Å². The Morgan fingerprint density at radius 3 is 2.24 bits per heavy atom. The molecule has 0 aliphatic rings. The number of hydrogen-bond acceptors (Lipinski definition) is 2. The van der Waals surface area contributed by atoms with Crippen molar-refractivity contribution in [3.63, 3.8) is 0 Å². The van der Waals surface area contributed by atoms with Gasteiger partial charge in [0.15, 0.2) is 0 Å². The summed E-state index contributed by atoms with van der Waals surface area (Å²) in [6.07, 6.45) is 0. The number of carbonyl (C=O) groups excluding carboxylic acids is 1. The third-order valence-corrected chi connectivity index (χ3v) is 3.23. The molecule has 2 rings (SSSR count). The molecule has 0 heterocycles. The first-order chi connectivity index (χ1) is 10.0. The summed E-state index contributed by atoms with van der Waals surface area (Å²) in [4.78, 5) is 11.8. The number of hydrogen-bond donors (Lipinski definition) is 2. The van der Waals surface area contributed by atoms with Crippen molar-refractivity contribution in [2.45, 2.75) is 26.4 Å². The van der Waals surface area contributed by atoms with Crippen molar-refractivity contribution in [2.75, 3.05) is 5.32 Å².